The van der Waals surface area contributed by atoms with Crippen molar-refractivity contribution in [3.05, 3.63) is 34.2 Å². The van der Waals surface area contributed by atoms with Crippen molar-refractivity contribution in [2.45, 2.75) is 13.3 Å². The molecule has 2 aromatic heterocycles. The van der Waals surface area contributed by atoms with Crippen LogP contribution in [0.2, 0.25) is 0 Å². The van der Waals surface area contributed by atoms with Gasteiger partial charge in [0.15, 0.2) is 0 Å². The summed E-state index contributed by atoms with van der Waals surface area (Å²) in [5.41, 5.74) is 3.56. The smallest absolute Gasteiger partial charge is 0.376 e. The van der Waals surface area contributed by atoms with E-state index in [2.05, 4.69) is 25.0 Å². The van der Waals surface area contributed by atoms with Crippen LogP contribution in [0.15, 0.2) is 17.0 Å². The SMILES string of the molecule is COC(=O)c1nc(C)cc(NCCc2cscn2)n1. The van der Waals surface area contributed by atoms with Crippen molar-refractivity contribution in [1.82, 2.24) is 15.0 Å². The van der Waals surface area contributed by atoms with E-state index in [0.717, 1.165) is 12.1 Å². The van der Waals surface area contributed by atoms with Gasteiger partial charge in [0.2, 0.25) is 5.82 Å². The number of nitrogens with zero attached hydrogens (tertiary/aromatic N) is 3. The van der Waals surface area contributed by atoms with Crippen LogP contribution >= 0.6 is 11.3 Å². The van der Waals surface area contributed by atoms with E-state index in [-0.39, 0.29) is 5.82 Å². The van der Waals surface area contributed by atoms with E-state index < -0.39 is 5.97 Å². The van der Waals surface area contributed by atoms with Gasteiger partial charge < -0.3 is 10.1 Å². The maximum atomic E-state index is 11.4. The largest absolute Gasteiger partial charge is 0.463 e. The fourth-order valence-electron chi connectivity index (χ4n) is 1.52. The number of thiazole rings is 1. The van der Waals surface area contributed by atoms with Crippen molar-refractivity contribution in [2.24, 2.45) is 0 Å². The lowest BCUT2D eigenvalue weighted by Gasteiger charge is -2.06. The van der Waals surface area contributed by atoms with E-state index in [1.54, 1.807) is 29.8 Å². The molecule has 1 N–H and O–H groups in total. The van der Waals surface area contributed by atoms with Crippen LogP contribution in [0, 0.1) is 6.92 Å². The molecule has 2 aromatic rings. The fourth-order valence-corrected chi connectivity index (χ4v) is 2.11. The molecular formula is C12H14N4O2S. The molecule has 0 saturated heterocycles. The van der Waals surface area contributed by atoms with Crippen LogP contribution in [0.4, 0.5) is 5.82 Å². The standard InChI is InChI=1S/C12H14N4O2S/c1-8-5-10(16-11(15-8)12(17)18-2)13-4-3-9-6-19-7-14-9/h5-7H,3-4H2,1-2H3,(H,13,15,16). The average molecular weight is 278 g/mol. The first-order valence-corrected chi connectivity index (χ1v) is 6.68. The predicted octanol–water partition coefficient (Wildman–Crippen LogP) is 1.68. The van der Waals surface area contributed by atoms with Crippen LogP contribution in [0.1, 0.15) is 22.0 Å². The Balaban J connectivity index is 1.99. The Labute approximate surface area is 114 Å². The number of aromatic nitrogens is 3. The average Bonchev–Trinajstić information content (AvgIpc) is 2.90. The molecule has 0 atom stereocenters. The van der Waals surface area contributed by atoms with Gasteiger partial charge in [0.25, 0.3) is 0 Å². The van der Waals surface area contributed by atoms with E-state index in [1.165, 1.54) is 7.11 Å². The summed E-state index contributed by atoms with van der Waals surface area (Å²) in [6.45, 7) is 2.50. The molecule has 7 heteroatoms. The van der Waals surface area contributed by atoms with Gasteiger partial charge >= 0.3 is 5.97 Å². The Morgan fingerprint density at radius 3 is 3.00 bits per heavy atom. The number of esters is 1. The molecule has 0 spiro atoms. The minimum atomic E-state index is -0.536. The van der Waals surface area contributed by atoms with Gasteiger partial charge in [0, 0.05) is 30.1 Å². The van der Waals surface area contributed by atoms with Crippen LogP contribution < -0.4 is 5.32 Å². The van der Waals surface area contributed by atoms with Gasteiger partial charge in [-0.3, -0.25) is 0 Å². The second-order valence-electron chi connectivity index (χ2n) is 3.87. The summed E-state index contributed by atoms with van der Waals surface area (Å²) in [6.07, 6.45) is 0.806. The zero-order chi connectivity index (χ0) is 13.7. The van der Waals surface area contributed by atoms with Gasteiger partial charge in [0.05, 0.1) is 18.3 Å². The maximum absolute atomic E-state index is 11.4. The molecule has 0 bridgehead atoms. The zero-order valence-corrected chi connectivity index (χ0v) is 11.5. The van der Waals surface area contributed by atoms with Crippen molar-refractivity contribution in [3.8, 4) is 0 Å². The number of ether oxygens (including phenoxy) is 1. The predicted molar refractivity (Wildman–Crippen MR) is 72.4 cm³/mol. The van der Waals surface area contributed by atoms with E-state index in [1.807, 2.05) is 5.38 Å². The number of anilines is 1. The van der Waals surface area contributed by atoms with E-state index in [9.17, 15) is 4.79 Å². The minimum absolute atomic E-state index is 0.0682. The molecule has 0 amide bonds. The van der Waals surface area contributed by atoms with E-state index in [4.69, 9.17) is 0 Å². The number of rotatable bonds is 5. The molecule has 0 aliphatic carbocycles. The number of aryl methyl sites for hydroxylation is 1. The van der Waals surface area contributed by atoms with Gasteiger partial charge in [-0.05, 0) is 6.92 Å². The molecular weight excluding hydrogens is 264 g/mol. The second-order valence-corrected chi connectivity index (χ2v) is 4.58. The van der Waals surface area contributed by atoms with Gasteiger partial charge in [-0.25, -0.2) is 19.7 Å². The number of carbonyl (C=O) groups is 1. The molecule has 0 fully saturated rings. The number of carbonyl (C=O) groups excluding carboxylic acids is 1. The normalized spacial score (nSPS) is 10.2. The third-order valence-electron chi connectivity index (χ3n) is 2.39. The second kappa shape index (κ2) is 6.24. The highest BCUT2D eigenvalue weighted by molar-refractivity contribution is 7.07. The molecule has 0 aliphatic rings. The first-order chi connectivity index (χ1) is 9.19. The summed E-state index contributed by atoms with van der Waals surface area (Å²) < 4.78 is 4.61. The van der Waals surface area contributed by atoms with E-state index in [0.29, 0.717) is 18.1 Å². The first-order valence-electron chi connectivity index (χ1n) is 5.74. The number of hydrogen-bond donors (Lipinski definition) is 1. The molecule has 100 valence electrons. The summed E-state index contributed by atoms with van der Waals surface area (Å²) >= 11 is 1.57. The molecule has 0 saturated carbocycles. The molecule has 19 heavy (non-hydrogen) atoms. The maximum Gasteiger partial charge on any atom is 0.376 e. The number of methoxy groups -OCH3 is 1. The Hall–Kier alpha value is -2.02. The summed E-state index contributed by atoms with van der Waals surface area (Å²) in [5.74, 6) is 0.146. The van der Waals surface area contributed by atoms with Gasteiger partial charge in [0.1, 0.15) is 5.82 Å². The molecule has 0 aromatic carbocycles. The molecule has 2 rings (SSSR count). The highest BCUT2D eigenvalue weighted by Crippen LogP contribution is 2.08. The topological polar surface area (TPSA) is 77.0 Å². The lowest BCUT2D eigenvalue weighted by molar-refractivity contribution is 0.0586. The monoisotopic (exact) mass is 278 g/mol. The Bertz CT molecular complexity index is 557. The van der Waals surface area contributed by atoms with Crippen LogP contribution in [-0.4, -0.2) is 34.6 Å². The Morgan fingerprint density at radius 2 is 2.32 bits per heavy atom. The van der Waals surface area contributed by atoms with Crippen molar-refractivity contribution >= 4 is 23.1 Å². The molecule has 0 aliphatic heterocycles. The quantitative estimate of drug-likeness (QED) is 0.839. The third-order valence-corrected chi connectivity index (χ3v) is 3.03. The molecule has 0 unspecified atom stereocenters. The van der Waals surface area contributed by atoms with Crippen LogP contribution in [-0.2, 0) is 11.2 Å². The zero-order valence-electron chi connectivity index (χ0n) is 10.7. The minimum Gasteiger partial charge on any atom is -0.463 e. The number of hydrogen-bond acceptors (Lipinski definition) is 7. The molecule has 0 radical (unpaired) electrons. The molecule has 2 heterocycles. The molecule has 6 nitrogen and oxygen atoms in total. The van der Waals surface area contributed by atoms with Crippen molar-refractivity contribution in [2.75, 3.05) is 19.0 Å². The van der Waals surface area contributed by atoms with E-state index >= 15 is 0 Å². The lowest BCUT2D eigenvalue weighted by Crippen LogP contribution is -2.12. The highest BCUT2D eigenvalue weighted by Gasteiger charge is 2.11. The summed E-state index contributed by atoms with van der Waals surface area (Å²) in [4.78, 5) is 23.7. The summed E-state index contributed by atoms with van der Waals surface area (Å²) in [5, 5.41) is 5.16. The van der Waals surface area contributed by atoms with Crippen LogP contribution in [0.25, 0.3) is 0 Å². The van der Waals surface area contributed by atoms with Crippen molar-refractivity contribution in [1.29, 1.82) is 0 Å². The number of nitrogens with one attached hydrogen (secondary N) is 1. The van der Waals surface area contributed by atoms with Crippen LogP contribution in [0.3, 0.4) is 0 Å². The van der Waals surface area contributed by atoms with Crippen molar-refractivity contribution in [3.63, 3.8) is 0 Å². The third kappa shape index (κ3) is 3.72. The van der Waals surface area contributed by atoms with Crippen LogP contribution in [0.5, 0.6) is 0 Å². The summed E-state index contributed by atoms with van der Waals surface area (Å²) in [7, 11) is 1.31. The first kappa shape index (κ1) is 13.4. The van der Waals surface area contributed by atoms with Gasteiger partial charge in [-0.2, -0.15) is 0 Å². The van der Waals surface area contributed by atoms with Crippen molar-refractivity contribution < 1.29 is 9.53 Å². The lowest BCUT2D eigenvalue weighted by atomic mass is 10.3. The Morgan fingerprint density at radius 1 is 1.47 bits per heavy atom. The highest BCUT2D eigenvalue weighted by atomic mass is 32.1. The summed E-state index contributed by atoms with van der Waals surface area (Å²) in [6, 6.07) is 1.79. The Kier molecular flexibility index (Phi) is 4.40. The van der Waals surface area contributed by atoms with Gasteiger partial charge in [-0.1, -0.05) is 0 Å². The van der Waals surface area contributed by atoms with Gasteiger partial charge in [-0.15, -0.1) is 11.3 Å². The fraction of sp³-hybridized carbons (Fsp3) is 0.333.